The standard InChI is InChI=1S/C12H19NO/c1-10-7-11(9-14)8-13(10)12-5-3-2-4-6-12/h7-8,12,14H,2-6,9H2,1H3. The van der Waals surface area contributed by atoms with E-state index in [2.05, 4.69) is 23.8 Å². The molecule has 1 aromatic rings. The van der Waals surface area contributed by atoms with Crippen LogP contribution in [-0.2, 0) is 6.61 Å². The van der Waals surface area contributed by atoms with Crippen LogP contribution in [0.1, 0.15) is 49.4 Å². The van der Waals surface area contributed by atoms with Gasteiger partial charge >= 0.3 is 0 Å². The van der Waals surface area contributed by atoms with E-state index in [0.717, 1.165) is 5.56 Å². The average Bonchev–Trinajstić information content (AvgIpc) is 2.61. The first kappa shape index (κ1) is 9.78. The molecule has 0 spiro atoms. The maximum atomic E-state index is 9.06. The third-order valence-corrected chi connectivity index (χ3v) is 3.26. The fourth-order valence-electron chi connectivity index (χ4n) is 2.50. The Kier molecular flexibility index (Phi) is 2.92. The van der Waals surface area contributed by atoms with E-state index in [4.69, 9.17) is 5.11 Å². The summed E-state index contributed by atoms with van der Waals surface area (Å²) in [5.41, 5.74) is 2.34. The Morgan fingerprint density at radius 3 is 2.64 bits per heavy atom. The molecule has 2 rings (SSSR count). The van der Waals surface area contributed by atoms with Gasteiger partial charge in [0.2, 0.25) is 0 Å². The van der Waals surface area contributed by atoms with Crippen molar-refractivity contribution in [2.24, 2.45) is 0 Å². The quantitative estimate of drug-likeness (QED) is 0.767. The third-order valence-electron chi connectivity index (χ3n) is 3.26. The smallest absolute Gasteiger partial charge is 0.0696 e. The van der Waals surface area contributed by atoms with Crippen molar-refractivity contribution in [2.75, 3.05) is 0 Å². The second-order valence-electron chi connectivity index (χ2n) is 4.35. The van der Waals surface area contributed by atoms with Gasteiger partial charge in [-0.25, -0.2) is 0 Å². The molecule has 78 valence electrons. The van der Waals surface area contributed by atoms with Gasteiger partial charge < -0.3 is 9.67 Å². The zero-order valence-corrected chi connectivity index (χ0v) is 8.87. The molecule has 1 heterocycles. The number of aliphatic hydroxyl groups is 1. The third kappa shape index (κ3) is 1.85. The first-order valence-electron chi connectivity index (χ1n) is 5.59. The molecule has 0 unspecified atom stereocenters. The van der Waals surface area contributed by atoms with Gasteiger partial charge in [-0.3, -0.25) is 0 Å². The Morgan fingerprint density at radius 1 is 1.36 bits per heavy atom. The lowest BCUT2D eigenvalue weighted by Crippen LogP contribution is -2.12. The van der Waals surface area contributed by atoms with E-state index in [1.807, 2.05) is 0 Å². The average molecular weight is 193 g/mol. The van der Waals surface area contributed by atoms with Crippen molar-refractivity contribution in [2.45, 2.75) is 51.7 Å². The van der Waals surface area contributed by atoms with Gasteiger partial charge in [-0.05, 0) is 31.4 Å². The molecule has 1 fully saturated rings. The molecule has 1 aromatic heterocycles. The fourth-order valence-corrected chi connectivity index (χ4v) is 2.50. The van der Waals surface area contributed by atoms with Crippen LogP contribution in [0.5, 0.6) is 0 Å². The summed E-state index contributed by atoms with van der Waals surface area (Å²) in [7, 11) is 0. The van der Waals surface area contributed by atoms with Crippen molar-refractivity contribution in [3.8, 4) is 0 Å². The normalized spacial score (nSPS) is 18.7. The van der Waals surface area contributed by atoms with Crippen molar-refractivity contribution in [1.82, 2.24) is 4.57 Å². The van der Waals surface area contributed by atoms with E-state index >= 15 is 0 Å². The Hall–Kier alpha value is -0.760. The molecule has 14 heavy (non-hydrogen) atoms. The van der Waals surface area contributed by atoms with Gasteiger partial charge in [0.05, 0.1) is 6.61 Å². The number of hydrogen-bond acceptors (Lipinski definition) is 1. The van der Waals surface area contributed by atoms with Crippen molar-refractivity contribution in [1.29, 1.82) is 0 Å². The number of rotatable bonds is 2. The highest BCUT2D eigenvalue weighted by Crippen LogP contribution is 2.29. The molecule has 1 aliphatic carbocycles. The topological polar surface area (TPSA) is 25.2 Å². The molecule has 0 amide bonds. The zero-order valence-electron chi connectivity index (χ0n) is 8.87. The summed E-state index contributed by atoms with van der Waals surface area (Å²) >= 11 is 0. The number of aryl methyl sites for hydroxylation is 1. The first-order valence-corrected chi connectivity index (χ1v) is 5.59. The lowest BCUT2D eigenvalue weighted by Gasteiger charge is -2.24. The van der Waals surface area contributed by atoms with Crippen molar-refractivity contribution in [3.05, 3.63) is 23.5 Å². The summed E-state index contributed by atoms with van der Waals surface area (Å²) in [6, 6.07) is 2.78. The molecule has 0 bridgehead atoms. The Morgan fingerprint density at radius 2 is 2.07 bits per heavy atom. The minimum Gasteiger partial charge on any atom is -0.392 e. The summed E-state index contributed by atoms with van der Waals surface area (Å²) in [6.45, 7) is 2.30. The van der Waals surface area contributed by atoms with Gasteiger partial charge in [-0.15, -0.1) is 0 Å². The highest BCUT2D eigenvalue weighted by atomic mass is 16.3. The Bertz CT molecular complexity index is 297. The lowest BCUT2D eigenvalue weighted by molar-refractivity contribution is 0.281. The van der Waals surface area contributed by atoms with E-state index in [-0.39, 0.29) is 6.61 Å². The van der Waals surface area contributed by atoms with Crippen molar-refractivity contribution < 1.29 is 5.11 Å². The number of hydrogen-bond donors (Lipinski definition) is 1. The first-order chi connectivity index (χ1) is 6.81. The molecule has 0 atom stereocenters. The zero-order chi connectivity index (χ0) is 9.97. The molecule has 2 nitrogen and oxygen atoms in total. The van der Waals surface area contributed by atoms with E-state index in [0.29, 0.717) is 6.04 Å². The van der Waals surface area contributed by atoms with Gasteiger partial charge in [0, 0.05) is 17.9 Å². The predicted octanol–water partition coefficient (Wildman–Crippen LogP) is 2.79. The van der Waals surface area contributed by atoms with Crippen LogP contribution in [0.4, 0.5) is 0 Å². The van der Waals surface area contributed by atoms with Crippen molar-refractivity contribution >= 4 is 0 Å². The van der Waals surface area contributed by atoms with Crippen LogP contribution in [0.2, 0.25) is 0 Å². The molecular weight excluding hydrogens is 174 g/mol. The molecule has 2 heteroatoms. The lowest BCUT2D eigenvalue weighted by atomic mass is 9.95. The highest BCUT2D eigenvalue weighted by molar-refractivity contribution is 5.17. The molecule has 1 saturated carbocycles. The van der Waals surface area contributed by atoms with Crippen molar-refractivity contribution in [3.63, 3.8) is 0 Å². The summed E-state index contributed by atoms with van der Waals surface area (Å²) in [6.07, 6.45) is 8.84. The van der Waals surface area contributed by atoms with Crippen LogP contribution in [0.25, 0.3) is 0 Å². The van der Waals surface area contributed by atoms with Gasteiger partial charge in [-0.2, -0.15) is 0 Å². The highest BCUT2D eigenvalue weighted by Gasteiger charge is 2.16. The largest absolute Gasteiger partial charge is 0.392 e. The minimum atomic E-state index is 0.167. The number of nitrogens with zero attached hydrogens (tertiary/aromatic N) is 1. The van der Waals surface area contributed by atoms with E-state index in [1.54, 1.807) is 0 Å². The summed E-state index contributed by atoms with van der Waals surface area (Å²) in [4.78, 5) is 0. The second-order valence-corrected chi connectivity index (χ2v) is 4.35. The fraction of sp³-hybridized carbons (Fsp3) is 0.667. The Balaban J connectivity index is 2.17. The molecule has 0 aliphatic heterocycles. The summed E-state index contributed by atoms with van der Waals surface area (Å²) in [5.74, 6) is 0. The molecule has 0 radical (unpaired) electrons. The van der Waals surface area contributed by atoms with Gasteiger partial charge in [0.25, 0.3) is 0 Å². The molecule has 1 N–H and O–H groups in total. The van der Waals surface area contributed by atoms with Crippen LogP contribution in [0.3, 0.4) is 0 Å². The maximum Gasteiger partial charge on any atom is 0.0696 e. The van der Waals surface area contributed by atoms with Crippen LogP contribution in [-0.4, -0.2) is 9.67 Å². The van der Waals surface area contributed by atoms with Crippen LogP contribution in [0, 0.1) is 6.92 Å². The summed E-state index contributed by atoms with van der Waals surface area (Å²) in [5, 5.41) is 9.06. The molecule has 1 aliphatic rings. The van der Waals surface area contributed by atoms with E-state index < -0.39 is 0 Å². The monoisotopic (exact) mass is 193 g/mol. The second kappa shape index (κ2) is 4.18. The minimum absolute atomic E-state index is 0.167. The Labute approximate surface area is 85.6 Å². The molecular formula is C12H19NO. The van der Waals surface area contributed by atoms with Crippen LogP contribution < -0.4 is 0 Å². The van der Waals surface area contributed by atoms with Gasteiger partial charge in [-0.1, -0.05) is 19.3 Å². The molecule has 0 aromatic carbocycles. The summed E-state index contributed by atoms with van der Waals surface area (Å²) < 4.78 is 2.35. The van der Waals surface area contributed by atoms with Gasteiger partial charge in [0.15, 0.2) is 0 Å². The van der Waals surface area contributed by atoms with Crippen LogP contribution in [0.15, 0.2) is 12.3 Å². The number of aromatic nitrogens is 1. The van der Waals surface area contributed by atoms with E-state index in [1.165, 1.54) is 37.8 Å². The predicted molar refractivity (Wildman–Crippen MR) is 57.2 cm³/mol. The van der Waals surface area contributed by atoms with Crippen LogP contribution >= 0.6 is 0 Å². The maximum absolute atomic E-state index is 9.06. The number of aliphatic hydroxyl groups excluding tert-OH is 1. The SMILES string of the molecule is Cc1cc(CO)cn1C1CCCCC1. The van der Waals surface area contributed by atoms with E-state index in [9.17, 15) is 0 Å². The van der Waals surface area contributed by atoms with Gasteiger partial charge in [0.1, 0.15) is 0 Å². The molecule has 0 saturated heterocycles.